The van der Waals surface area contributed by atoms with Crippen LogP contribution < -0.4 is 0 Å². The number of carbonyl (C=O) groups excluding carboxylic acids is 1. The predicted octanol–water partition coefficient (Wildman–Crippen LogP) is 2.37. The number of hydrogen-bond acceptors (Lipinski definition) is 3. The molecule has 1 aliphatic heterocycles. The molecule has 0 radical (unpaired) electrons. The van der Waals surface area contributed by atoms with Crippen molar-refractivity contribution < 1.29 is 9.18 Å². The van der Waals surface area contributed by atoms with E-state index in [9.17, 15) is 9.18 Å². The first-order chi connectivity index (χ1) is 8.63. The van der Waals surface area contributed by atoms with Gasteiger partial charge >= 0.3 is 0 Å². The van der Waals surface area contributed by atoms with Crippen LogP contribution in [0.3, 0.4) is 0 Å². The smallest absolute Gasteiger partial charge is 0.151 e. The third-order valence-corrected chi connectivity index (χ3v) is 4.18. The van der Waals surface area contributed by atoms with Gasteiger partial charge in [-0.3, -0.25) is 9.69 Å². The summed E-state index contributed by atoms with van der Waals surface area (Å²) in [6.07, 6.45) is 0.401. The lowest BCUT2D eigenvalue weighted by molar-refractivity contribution is -0.119. The Balaban J connectivity index is 1.83. The molecule has 0 aliphatic carbocycles. The summed E-state index contributed by atoms with van der Waals surface area (Å²) in [7, 11) is 0. The van der Waals surface area contributed by atoms with E-state index in [4.69, 9.17) is 0 Å². The van der Waals surface area contributed by atoms with E-state index in [-0.39, 0.29) is 11.6 Å². The largest absolute Gasteiger partial charge is 0.298 e. The Morgan fingerprint density at radius 3 is 2.83 bits per heavy atom. The Bertz CT molecular complexity index is 407. The van der Waals surface area contributed by atoms with Gasteiger partial charge in [-0.15, -0.1) is 0 Å². The second-order valence-electron chi connectivity index (χ2n) is 4.76. The Morgan fingerprint density at radius 1 is 1.44 bits per heavy atom. The van der Waals surface area contributed by atoms with Gasteiger partial charge in [0.05, 0.1) is 6.54 Å². The van der Waals surface area contributed by atoms with E-state index in [1.54, 1.807) is 12.1 Å². The topological polar surface area (TPSA) is 20.3 Å². The molecule has 1 saturated heterocycles. The van der Waals surface area contributed by atoms with Crippen LogP contribution in [0.5, 0.6) is 0 Å². The van der Waals surface area contributed by atoms with Crippen molar-refractivity contribution in [1.82, 2.24) is 4.90 Å². The zero-order valence-corrected chi connectivity index (χ0v) is 11.4. The number of thioether (sulfide) groups is 1. The number of Topliss-reactive ketones (excluding diaryl/α,β-unsaturated/α-hetero) is 1. The van der Waals surface area contributed by atoms with E-state index in [0.717, 1.165) is 24.4 Å². The number of carbonyl (C=O) groups is 1. The first-order valence-electron chi connectivity index (χ1n) is 6.23. The molecule has 0 aromatic heterocycles. The number of nitrogens with zero attached hydrogens (tertiary/aromatic N) is 1. The molecular weight excluding hydrogens is 249 g/mol. The number of benzene rings is 1. The Kier molecular flexibility index (Phi) is 4.78. The van der Waals surface area contributed by atoms with E-state index in [1.165, 1.54) is 12.1 Å². The highest BCUT2D eigenvalue weighted by atomic mass is 32.2. The van der Waals surface area contributed by atoms with E-state index in [1.807, 2.05) is 11.8 Å². The molecule has 4 heteroatoms. The van der Waals surface area contributed by atoms with Gasteiger partial charge < -0.3 is 0 Å². The summed E-state index contributed by atoms with van der Waals surface area (Å²) in [6, 6.07) is 6.17. The summed E-state index contributed by atoms with van der Waals surface area (Å²) < 4.78 is 12.7. The number of hydrogen-bond donors (Lipinski definition) is 0. The molecule has 0 spiro atoms. The molecule has 1 atom stereocenters. The van der Waals surface area contributed by atoms with E-state index >= 15 is 0 Å². The first-order valence-corrected chi connectivity index (χ1v) is 7.28. The molecule has 2 rings (SSSR count). The van der Waals surface area contributed by atoms with Gasteiger partial charge in [-0.1, -0.05) is 19.1 Å². The molecule has 0 amide bonds. The molecule has 18 heavy (non-hydrogen) atoms. The predicted molar refractivity (Wildman–Crippen MR) is 73.5 cm³/mol. The van der Waals surface area contributed by atoms with E-state index < -0.39 is 0 Å². The van der Waals surface area contributed by atoms with Crippen LogP contribution in [0.1, 0.15) is 12.5 Å². The van der Waals surface area contributed by atoms with Gasteiger partial charge in [0.15, 0.2) is 5.78 Å². The fraction of sp³-hybridized carbons (Fsp3) is 0.500. The maximum absolute atomic E-state index is 12.7. The minimum atomic E-state index is -0.256. The summed E-state index contributed by atoms with van der Waals surface area (Å²) in [5.74, 6) is 1.05. The SMILES string of the molecule is CC1CN(CC(=O)Cc2ccc(F)cc2)CCS1. The van der Waals surface area contributed by atoms with Gasteiger partial charge in [-0.05, 0) is 17.7 Å². The van der Waals surface area contributed by atoms with Crippen LogP contribution >= 0.6 is 11.8 Å². The van der Waals surface area contributed by atoms with Crippen LogP contribution in [0.15, 0.2) is 24.3 Å². The molecule has 1 aromatic rings. The molecule has 1 fully saturated rings. The Labute approximate surface area is 112 Å². The Morgan fingerprint density at radius 2 is 2.17 bits per heavy atom. The van der Waals surface area contributed by atoms with Crippen LogP contribution in [0.4, 0.5) is 4.39 Å². The number of halogens is 1. The third kappa shape index (κ3) is 4.10. The number of ketones is 1. The van der Waals surface area contributed by atoms with Crippen LogP contribution in [0.2, 0.25) is 0 Å². The summed E-state index contributed by atoms with van der Waals surface area (Å²) >= 11 is 1.96. The van der Waals surface area contributed by atoms with E-state index in [2.05, 4.69) is 11.8 Å². The zero-order chi connectivity index (χ0) is 13.0. The molecule has 2 nitrogen and oxygen atoms in total. The van der Waals surface area contributed by atoms with Gasteiger partial charge in [-0.25, -0.2) is 4.39 Å². The molecule has 1 unspecified atom stereocenters. The summed E-state index contributed by atoms with van der Waals surface area (Å²) in [4.78, 5) is 14.1. The molecule has 1 aromatic carbocycles. The first kappa shape index (κ1) is 13.6. The van der Waals surface area contributed by atoms with Crippen molar-refractivity contribution >= 4 is 17.5 Å². The fourth-order valence-electron chi connectivity index (χ4n) is 2.17. The minimum absolute atomic E-state index is 0.209. The van der Waals surface area contributed by atoms with Gasteiger partial charge in [0.25, 0.3) is 0 Å². The third-order valence-electron chi connectivity index (χ3n) is 3.04. The lowest BCUT2D eigenvalue weighted by atomic mass is 10.1. The molecule has 1 aliphatic rings. The highest BCUT2D eigenvalue weighted by molar-refractivity contribution is 7.99. The standard InChI is InChI=1S/C14H18FNOS/c1-11-9-16(6-7-18-11)10-14(17)8-12-2-4-13(15)5-3-12/h2-5,11H,6-10H2,1H3. The van der Waals surface area contributed by atoms with Crippen molar-refractivity contribution in [2.45, 2.75) is 18.6 Å². The summed E-state index contributed by atoms with van der Waals surface area (Å²) in [6.45, 7) is 4.69. The van der Waals surface area contributed by atoms with Crippen molar-refractivity contribution in [3.63, 3.8) is 0 Å². The highest BCUT2D eigenvalue weighted by Crippen LogP contribution is 2.17. The normalized spacial score (nSPS) is 20.9. The average molecular weight is 267 g/mol. The van der Waals surface area contributed by atoms with Crippen LogP contribution in [-0.2, 0) is 11.2 Å². The zero-order valence-electron chi connectivity index (χ0n) is 10.6. The molecule has 98 valence electrons. The quantitative estimate of drug-likeness (QED) is 0.835. The molecule has 1 heterocycles. The second kappa shape index (κ2) is 6.34. The van der Waals surface area contributed by atoms with Crippen molar-refractivity contribution in [2.75, 3.05) is 25.4 Å². The van der Waals surface area contributed by atoms with Crippen LogP contribution in [0.25, 0.3) is 0 Å². The summed E-state index contributed by atoms with van der Waals surface area (Å²) in [5, 5.41) is 0.609. The maximum atomic E-state index is 12.7. The van der Waals surface area contributed by atoms with Gasteiger partial charge in [0.1, 0.15) is 5.82 Å². The summed E-state index contributed by atoms with van der Waals surface area (Å²) in [5.41, 5.74) is 0.890. The van der Waals surface area contributed by atoms with E-state index in [0.29, 0.717) is 18.2 Å². The number of rotatable bonds is 4. The Hall–Kier alpha value is -0.870. The minimum Gasteiger partial charge on any atom is -0.298 e. The molecular formula is C14H18FNOS. The maximum Gasteiger partial charge on any atom is 0.151 e. The monoisotopic (exact) mass is 267 g/mol. The highest BCUT2D eigenvalue weighted by Gasteiger charge is 2.18. The van der Waals surface area contributed by atoms with Crippen LogP contribution in [-0.4, -0.2) is 41.3 Å². The molecule has 0 saturated carbocycles. The average Bonchev–Trinajstić information content (AvgIpc) is 2.32. The van der Waals surface area contributed by atoms with Crippen LogP contribution in [0, 0.1) is 5.82 Å². The second-order valence-corrected chi connectivity index (χ2v) is 6.30. The van der Waals surface area contributed by atoms with Gasteiger partial charge in [0.2, 0.25) is 0 Å². The van der Waals surface area contributed by atoms with Crippen molar-refractivity contribution in [3.05, 3.63) is 35.6 Å². The molecule has 0 bridgehead atoms. The van der Waals surface area contributed by atoms with Gasteiger partial charge in [-0.2, -0.15) is 11.8 Å². The van der Waals surface area contributed by atoms with Gasteiger partial charge in [0, 0.05) is 30.5 Å². The fourth-order valence-corrected chi connectivity index (χ4v) is 3.25. The van der Waals surface area contributed by atoms with Crippen molar-refractivity contribution in [2.24, 2.45) is 0 Å². The molecule has 0 N–H and O–H groups in total. The van der Waals surface area contributed by atoms with Crippen molar-refractivity contribution in [1.29, 1.82) is 0 Å². The van der Waals surface area contributed by atoms with Crippen molar-refractivity contribution in [3.8, 4) is 0 Å². The lowest BCUT2D eigenvalue weighted by Crippen LogP contribution is -2.40. The lowest BCUT2D eigenvalue weighted by Gasteiger charge is -2.29.